The average molecular weight is 391 g/mol. The van der Waals surface area contributed by atoms with E-state index in [0.29, 0.717) is 11.3 Å². The molecule has 1 N–H and O–H groups in total. The van der Waals surface area contributed by atoms with Crippen molar-refractivity contribution in [3.05, 3.63) is 59.4 Å². The number of halogens is 1. The number of sulfonamides is 1. The molecule has 1 aliphatic heterocycles. The van der Waals surface area contributed by atoms with Crippen molar-refractivity contribution in [1.29, 1.82) is 0 Å². The van der Waals surface area contributed by atoms with Crippen LogP contribution in [0.1, 0.15) is 50.2 Å². The van der Waals surface area contributed by atoms with Gasteiger partial charge in [0.15, 0.2) is 0 Å². The van der Waals surface area contributed by atoms with Crippen molar-refractivity contribution in [2.45, 2.75) is 50.0 Å². The lowest BCUT2D eigenvalue weighted by Gasteiger charge is -2.26. The summed E-state index contributed by atoms with van der Waals surface area (Å²) in [5.41, 5.74) is 1.77. The molecule has 0 aromatic heterocycles. The van der Waals surface area contributed by atoms with Crippen LogP contribution in [0.5, 0.6) is 0 Å². The first-order chi connectivity index (χ1) is 12.6. The maximum Gasteiger partial charge on any atom is 0.304 e. The summed E-state index contributed by atoms with van der Waals surface area (Å²) in [6, 6.07) is 9.87. The number of hydrogen-bond donors (Lipinski definition) is 1. The van der Waals surface area contributed by atoms with Gasteiger partial charge in [-0.2, -0.15) is 0 Å². The number of rotatable bonds is 5. The second-order valence-corrected chi connectivity index (χ2v) is 8.99. The summed E-state index contributed by atoms with van der Waals surface area (Å²) in [6.07, 6.45) is -0.268. The van der Waals surface area contributed by atoms with Gasteiger partial charge in [-0.1, -0.05) is 26.0 Å². The molecule has 0 fully saturated rings. The van der Waals surface area contributed by atoms with Gasteiger partial charge in [0.1, 0.15) is 5.82 Å². The Hall–Kier alpha value is -2.41. The minimum Gasteiger partial charge on any atom is -0.481 e. The van der Waals surface area contributed by atoms with Gasteiger partial charge in [-0.05, 0) is 54.3 Å². The number of anilines is 1. The molecular weight excluding hydrogens is 369 g/mol. The number of carbonyl (C=O) groups is 1. The third-order valence-corrected chi connectivity index (χ3v) is 6.99. The molecule has 0 amide bonds. The highest BCUT2D eigenvalue weighted by Gasteiger charge is 2.43. The zero-order chi connectivity index (χ0) is 19.9. The van der Waals surface area contributed by atoms with Crippen molar-refractivity contribution >= 4 is 21.7 Å². The van der Waals surface area contributed by atoms with Crippen molar-refractivity contribution in [1.82, 2.24) is 0 Å². The standard InChI is InChI=1S/C20H22FNO4S/c1-12(2)14-4-7-16(8-5-14)27(25,26)22-13(3)17(11-20(23)24)18-10-15(21)6-9-19(18)22/h4-10,12-13,17H,11H2,1-3H3,(H,23,24). The molecule has 2 aromatic rings. The van der Waals surface area contributed by atoms with E-state index in [9.17, 15) is 22.7 Å². The van der Waals surface area contributed by atoms with Crippen LogP contribution < -0.4 is 4.31 Å². The number of fused-ring (bicyclic) bond motifs is 1. The molecular formula is C20H22FNO4S. The highest BCUT2D eigenvalue weighted by Crippen LogP contribution is 2.45. The summed E-state index contributed by atoms with van der Waals surface area (Å²) in [6.45, 7) is 5.70. The van der Waals surface area contributed by atoms with Gasteiger partial charge in [0, 0.05) is 5.92 Å². The monoisotopic (exact) mass is 391 g/mol. The van der Waals surface area contributed by atoms with Crippen LogP contribution in [0.15, 0.2) is 47.4 Å². The molecule has 3 rings (SSSR count). The van der Waals surface area contributed by atoms with Crippen LogP contribution in [0.4, 0.5) is 10.1 Å². The predicted molar refractivity (Wildman–Crippen MR) is 101 cm³/mol. The Bertz CT molecular complexity index is 970. The third-order valence-electron chi connectivity index (χ3n) is 5.08. The summed E-state index contributed by atoms with van der Waals surface area (Å²) in [5, 5.41) is 9.21. The summed E-state index contributed by atoms with van der Waals surface area (Å²) >= 11 is 0. The first kappa shape index (κ1) is 19.4. The summed E-state index contributed by atoms with van der Waals surface area (Å²) in [7, 11) is -3.91. The van der Waals surface area contributed by atoms with Crippen molar-refractivity contribution in [2.75, 3.05) is 4.31 Å². The van der Waals surface area contributed by atoms with Crippen molar-refractivity contribution < 1.29 is 22.7 Å². The van der Waals surface area contributed by atoms with E-state index in [2.05, 4.69) is 0 Å². The molecule has 0 saturated carbocycles. The Balaban J connectivity index is 2.08. The number of hydrogen-bond acceptors (Lipinski definition) is 3. The van der Waals surface area contributed by atoms with Crippen LogP contribution in [0.25, 0.3) is 0 Å². The van der Waals surface area contributed by atoms with E-state index in [1.165, 1.54) is 22.5 Å². The van der Waals surface area contributed by atoms with Crippen LogP contribution in [-0.4, -0.2) is 25.5 Å². The molecule has 1 heterocycles. The molecule has 1 aliphatic rings. The van der Waals surface area contributed by atoms with Gasteiger partial charge in [0.2, 0.25) is 0 Å². The van der Waals surface area contributed by atoms with Gasteiger partial charge in [-0.15, -0.1) is 0 Å². The minimum absolute atomic E-state index is 0.130. The zero-order valence-corrected chi connectivity index (χ0v) is 16.2. The Morgan fingerprint density at radius 1 is 1.19 bits per heavy atom. The van der Waals surface area contributed by atoms with Gasteiger partial charge in [-0.3, -0.25) is 9.10 Å². The predicted octanol–water partition coefficient (Wildman–Crippen LogP) is 4.10. The van der Waals surface area contributed by atoms with Crippen molar-refractivity contribution in [2.24, 2.45) is 0 Å². The van der Waals surface area contributed by atoms with Gasteiger partial charge < -0.3 is 5.11 Å². The molecule has 0 spiro atoms. The second-order valence-electron chi connectivity index (χ2n) is 7.17. The average Bonchev–Trinajstić information content (AvgIpc) is 2.86. The Labute approximate surface area is 158 Å². The van der Waals surface area contributed by atoms with Crippen LogP contribution in [0, 0.1) is 5.82 Å². The maximum atomic E-state index is 13.8. The minimum atomic E-state index is -3.91. The van der Waals surface area contributed by atoms with E-state index in [-0.39, 0.29) is 17.2 Å². The normalized spacial score (nSPS) is 19.4. The molecule has 2 aromatic carbocycles. The summed E-state index contributed by atoms with van der Waals surface area (Å²) in [4.78, 5) is 11.4. The number of nitrogens with zero attached hydrogens (tertiary/aromatic N) is 1. The highest BCUT2D eigenvalue weighted by molar-refractivity contribution is 7.92. The lowest BCUT2D eigenvalue weighted by atomic mass is 9.93. The molecule has 27 heavy (non-hydrogen) atoms. The Kier molecular flexibility index (Phi) is 4.99. The number of carboxylic acids is 1. The first-order valence-electron chi connectivity index (χ1n) is 8.78. The number of benzene rings is 2. The fraction of sp³-hybridized carbons (Fsp3) is 0.350. The highest BCUT2D eigenvalue weighted by atomic mass is 32.2. The van der Waals surface area contributed by atoms with Crippen LogP contribution in [-0.2, 0) is 14.8 Å². The van der Waals surface area contributed by atoms with E-state index in [4.69, 9.17) is 0 Å². The lowest BCUT2D eigenvalue weighted by molar-refractivity contribution is -0.137. The Morgan fingerprint density at radius 2 is 1.81 bits per heavy atom. The van der Waals surface area contributed by atoms with E-state index >= 15 is 0 Å². The molecule has 0 saturated heterocycles. The molecule has 5 nitrogen and oxygen atoms in total. The quantitative estimate of drug-likeness (QED) is 0.832. The first-order valence-corrected chi connectivity index (χ1v) is 10.2. The fourth-order valence-electron chi connectivity index (χ4n) is 3.62. The third kappa shape index (κ3) is 3.43. The van der Waals surface area contributed by atoms with Crippen LogP contribution in [0.3, 0.4) is 0 Å². The van der Waals surface area contributed by atoms with Gasteiger partial charge in [-0.25, -0.2) is 12.8 Å². The lowest BCUT2D eigenvalue weighted by Crippen LogP contribution is -2.37. The number of aliphatic carboxylic acids is 1. The zero-order valence-electron chi connectivity index (χ0n) is 15.4. The molecule has 144 valence electrons. The van der Waals surface area contributed by atoms with Crippen molar-refractivity contribution in [3.8, 4) is 0 Å². The SMILES string of the molecule is CC(C)c1ccc(S(=O)(=O)N2c3ccc(F)cc3C(CC(=O)O)C2C)cc1. The molecule has 0 aliphatic carbocycles. The molecule has 7 heteroatoms. The maximum absolute atomic E-state index is 13.8. The van der Waals surface area contributed by atoms with E-state index in [0.717, 1.165) is 5.56 Å². The van der Waals surface area contributed by atoms with Gasteiger partial charge in [0.05, 0.1) is 23.0 Å². The van der Waals surface area contributed by atoms with Crippen molar-refractivity contribution in [3.63, 3.8) is 0 Å². The smallest absolute Gasteiger partial charge is 0.304 e. The van der Waals surface area contributed by atoms with Crippen LogP contribution in [0.2, 0.25) is 0 Å². The van der Waals surface area contributed by atoms with Gasteiger partial charge >= 0.3 is 5.97 Å². The van der Waals surface area contributed by atoms with E-state index in [1.807, 2.05) is 13.8 Å². The molecule has 0 radical (unpaired) electrons. The molecule has 2 unspecified atom stereocenters. The topological polar surface area (TPSA) is 74.7 Å². The van der Waals surface area contributed by atoms with E-state index < -0.39 is 33.8 Å². The Morgan fingerprint density at radius 3 is 2.37 bits per heavy atom. The second kappa shape index (κ2) is 6.96. The summed E-state index contributed by atoms with van der Waals surface area (Å²) in [5.74, 6) is -1.91. The largest absolute Gasteiger partial charge is 0.481 e. The van der Waals surface area contributed by atoms with Gasteiger partial charge in [0.25, 0.3) is 10.0 Å². The van der Waals surface area contributed by atoms with E-state index in [1.54, 1.807) is 31.2 Å². The van der Waals surface area contributed by atoms with Crippen LogP contribution >= 0.6 is 0 Å². The summed E-state index contributed by atoms with van der Waals surface area (Å²) < 4.78 is 41.6. The number of carboxylic acid groups (broad SMARTS) is 1. The molecule has 2 atom stereocenters. The molecule has 0 bridgehead atoms. The fourth-order valence-corrected chi connectivity index (χ4v) is 5.34.